The Balaban J connectivity index is 2.24. The van der Waals surface area contributed by atoms with Crippen LogP contribution in [0.25, 0.3) is 0 Å². The molecule has 0 spiro atoms. The van der Waals surface area contributed by atoms with Crippen LogP contribution < -0.4 is 10.1 Å². The molecule has 2 aromatic carbocycles. The van der Waals surface area contributed by atoms with Crippen LogP contribution in [0.3, 0.4) is 0 Å². The fraction of sp³-hybridized carbons (Fsp3) is 0.250. The molecule has 0 aliphatic heterocycles. The Morgan fingerprint density at radius 3 is 2.30 bits per heavy atom. The Morgan fingerprint density at radius 1 is 1.05 bits per heavy atom. The Bertz CT molecular complexity index is 606. The highest BCUT2D eigenvalue weighted by atomic mass is 35.5. The van der Waals surface area contributed by atoms with Gasteiger partial charge in [-0.15, -0.1) is 0 Å². The van der Waals surface area contributed by atoms with E-state index in [1.54, 1.807) is 7.11 Å². The third-order valence-corrected chi connectivity index (χ3v) is 4.03. The van der Waals surface area contributed by atoms with Gasteiger partial charge in [0.15, 0.2) is 0 Å². The number of hydrogen-bond acceptors (Lipinski definition) is 2. The second-order valence-corrected chi connectivity index (χ2v) is 5.46. The molecule has 1 N–H and O–H groups in total. The molecule has 0 bridgehead atoms. The number of benzene rings is 2. The van der Waals surface area contributed by atoms with Gasteiger partial charge < -0.3 is 10.1 Å². The van der Waals surface area contributed by atoms with E-state index in [1.807, 2.05) is 44.2 Å². The van der Waals surface area contributed by atoms with Crippen LogP contribution in [-0.4, -0.2) is 7.11 Å². The molecule has 4 heteroatoms. The summed E-state index contributed by atoms with van der Waals surface area (Å²) >= 11 is 12.3. The molecule has 2 rings (SSSR count). The van der Waals surface area contributed by atoms with Crippen LogP contribution in [0.4, 0.5) is 5.69 Å². The molecule has 0 amide bonds. The molecule has 0 aromatic heterocycles. The molecule has 0 aliphatic carbocycles. The average molecular weight is 310 g/mol. The quantitative estimate of drug-likeness (QED) is 0.835. The minimum atomic E-state index is 0.575. The van der Waals surface area contributed by atoms with Gasteiger partial charge in [-0.3, -0.25) is 0 Å². The number of rotatable bonds is 4. The van der Waals surface area contributed by atoms with Crippen LogP contribution in [0.5, 0.6) is 5.75 Å². The first-order valence-corrected chi connectivity index (χ1v) is 7.11. The van der Waals surface area contributed by atoms with Gasteiger partial charge in [0.25, 0.3) is 0 Å². The van der Waals surface area contributed by atoms with E-state index in [4.69, 9.17) is 27.9 Å². The summed E-state index contributed by atoms with van der Waals surface area (Å²) < 4.78 is 5.42. The molecule has 0 saturated heterocycles. The fourth-order valence-electron chi connectivity index (χ4n) is 2.22. The standard InChI is InChI=1S/C16H17Cl2NO/c1-10-7-8-15(11(2)16(10)20-3)19-9-12-13(17)5-4-6-14(12)18/h4-8,19H,9H2,1-3H3. The average Bonchev–Trinajstić information content (AvgIpc) is 2.41. The summed E-state index contributed by atoms with van der Waals surface area (Å²) in [6.45, 7) is 4.63. The number of aryl methyl sites for hydroxylation is 1. The molecule has 2 nitrogen and oxygen atoms in total. The predicted octanol–water partition coefficient (Wildman–Crippen LogP) is 5.23. The largest absolute Gasteiger partial charge is 0.496 e. The van der Waals surface area contributed by atoms with Crippen LogP contribution in [0.15, 0.2) is 30.3 Å². The molecule has 2 aromatic rings. The second-order valence-electron chi connectivity index (χ2n) is 4.64. The van der Waals surface area contributed by atoms with Crippen molar-refractivity contribution in [3.63, 3.8) is 0 Å². The minimum Gasteiger partial charge on any atom is -0.496 e. The molecule has 0 saturated carbocycles. The van der Waals surface area contributed by atoms with Gasteiger partial charge in [0.1, 0.15) is 5.75 Å². The Morgan fingerprint density at radius 2 is 1.70 bits per heavy atom. The molecule has 0 aliphatic rings. The second kappa shape index (κ2) is 6.38. The highest BCUT2D eigenvalue weighted by molar-refractivity contribution is 6.36. The summed E-state index contributed by atoms with van der Waals surface area (Å²) in [5, 5.41) is 4.70. The molecule has 0 radical (unpaired) electrons. The summed E-state index contributed by atoms with van der Waals surface area (Å²) in [4.78, 5) is 0. The smallest absolute Gasteiger partial charge is 0.126 e. The van der Waals surface area contributed by atoms with E-state index >= 15 is 0 Å². The summed E-state index contributed by atoms with van der Waals surface area (Å²) in [6, 6.07) is 9.59. The first kappa shape index (κ1) is 15.0. The molecular formula is C16H17Cl2NO. The van der Waals surface area contributed by atoms with Crippen molar-refractivity contribution in [1.82, 2.24) is 0 Å². The topological polar surface area (TPSA) is 21.3 Å². The third kappa shape index (κ3) is 3.02. The summed E-state index contributed by atoms with van der Waals surface area (Å²) in [5.74, 6) is 0.903. The first-order valence-electron chi connectivity index (χ1n) is 6.35. The maximum absolute atomic E-state index is 6.17. The maximum atomic E-state index is 6.17. The summed E-state index contributed by atoms with van der Waals surface area (Å²) in [5.41, 5.74) is 4.11. The van der Waals surface area contributed by atoms with Crippen molar-refractivity contribution in [1.29, 1.82) is 0 Å². The van der Waals surface area contributed by atoms with Crippen molar-refractivity contribution in [3.8, 4) is 5.75 Å². The van der Waals surface area contributed by atoms with E-state index < -0.39 is 0 Å². The van der Waals surface area contributed by atoms with Gasteiger partial charge in [-0.25, -0.2) is 0 Å². The fourth-order valence-corrected chi connectivity index (χ4v) is 2.75. The van der Waals surface area contributed by atoms with Crippen LogP contribution in [0, 0.1) is 13.8 Å². The summed E-state index contributed by atoms with van der Waals surface area (Å²) in [7, 11) is 1.68. The van der Waals surface area contributed by atoms with Gasteiger partial charge in [-0.2, -0.15) is 0 Å². The van der Waals surface area contributed by atoms with Gasteiger partial charge >= 0.3 is 0 Å². The summed E-state index contributed by atoms with van der Waals surface area (Å²) in [6.07, 6.45) is 0. The van der Waals surface area contributed by atoms with Gasteiger partial charge in [0.2, 0.25) is 0 Å². The molecule has 0 atom stereocenters. The normalized spacial score (nSPS) is 10.4. The van der Waals surface area contributed by atoms with Crippen LogP contribution >= 0.6 is 23.2 Å². The van der Waals surface area contributed by atoms with E-state index in [9.17, 15) is 0 Å². The maximum Gasteiger partial charge on any atom is 0.126 e. The zero-order chi connectivity index (χ0) is 14.7. The van der Waals surface area contributed by atoms with Crippen molar-refractivity contribution in [3.05, 3.63) is 57.1 Å². The molecular weight excluding hydrogens is 293 g/mol. The van der Waals surface area contributed by atoms with Gasteiger partial charge in [-0.05, 0) is 37.6 Å². The molecule has 106 valence electrons. The first-order chi connectivity index (χ1) is 9.54. The lowest BCUT2D eigenvalue weighted by atomic mass is 10.1. The zero-order valence-electron chi connectivity index (χ0n) is 11.8. The predicted molar refractivity (Wildman–Crippen MR) is 86.3 cm³/mol. The van der Waals surface area contributed by atoms with Gasteiger partial charge in [0, 0.05) is 33.4 Å². The lowest BCUT2D eigenvalue weighted by molar-refractivity contribution is 0.409. The van der Waals surface area contributed by atoms with Gasteiger partial charge in [0.05, 0.1) is 7.11 Å². The Kier molecular flexibility index (Phi) is 4.79. The lowest BCUT2D eigenvalue weighted by Crippen LogP contribution is -2.04. The number of nitrogens with one attached hydrogen (secondary N) is 1. The van der Waals surface area contributed by atoms with E-state index in [2.05, 4.69) is 5.32 Å². The number of anilines is 1. The van der Waals surface area contributed by atoms with Crippen LogP contribution in [0.2, 0.25) is 10.0 Å². The third-order valence-electron chi connectivity index (χ3n) is 3.32. The van der Waals surface area contributed by atoms with Crippen LogP contribution in [-0.2, 0) is 6.54 Å². The number of ether oxygens (including phenoxy) is 1. The minimum absolute atomic E-state index is 0.575. The van der Waals surface area contributed by atoms with Crippen molar-refractivity contribution >= 4 is 28.9 Å². The van der Waals surface area contributed by atoms with Crippen molar-refractivity contribution in [2.24, 2.45) is 0 Å². The zero-order valence-corrected chi connectivity index (χ0v) is 13.3. The highest BCUT2D eigenvalue weighted by Gasteiger charge is 2.09. The Labute approximate surface area is 129 Å². The highest BCUT2D eigenvalue weighted by Crippen LogP contribution is 2.31. The number of hydrogen-bond donors (Lipinski definition) is 1. The van der Waals surface area contributed by atoms with Crippen molar-refractivity contribution < 1.29 is 4.74 Å². The number of methoxy groups -OCH3 is 1. The Hall–Kier alpha value is -1.38. The SMILES string of the molecule is COc1c(C)ccc(NCc2c(Cl)cccc2Cl)c1C. The monoisotopic (exact) mass is 309 g/mol. The molecule has 0 heterocycles. The molecule has 0 unspecified atom stereocenters. The van der Waals surface area contributed by atoms with E-state index in [1.165, 1.54) is 0 Å². The lowest BCUT2D eigenvalue weighted by Gasteiger charge is -2.15. The van der Waals surface area contributed by atoms with Gasteiger partial charge in [-0.1, -0.05) is 35.3 Å². The number of halogens is 2. The molecule has 20 heavy (non-hydrogen) atoms. The van der Waals surface area contributed by atoms with Crippen LogP contribution in [0.1, 0.15) is 16.7 Å². The van der Waals surface area contributed by atoms with Crippen molar-refractivity contribution in [2.75, 3.05) is 12.4 Å². The van der Waals surface area contributed by atoms with E-state index in [0.29, 0.717) is 16.6 Å². The van der Waals surface area contributed by atoms with E-state index in [0.717, 1.165) is 28.1 Å². The molecule has 0 fully saturated rings. The van der Waals surface area contributed by atoms with Crippen molar-refractivity contribution in [2.45, 2.75) is 20.4 Å². The van der Waals surface area contributed by atoms with E-state index in [-0.39, 0.29) is 0 Å².